The predicted molar refractivity (Wildman–Crippen MR) is 106 cm³/mol. The van der Waals surface area contributed by atoms with Crippen LogP contribution < -0.4 is 13.8 Å². The van der Waals surface area contributed by atoms with Gasteiger partial charge in [0.1, 0.15) is 6.54 Å². The third-order valence-corrected chi connectivity index (χ3v) is 6.49. The van der Waals surface area contributed by atoms with Gasteiger partial charge in [-0.1, -0.05) is 18.2 Å². The van der Waals surface area contributed by atoms with Crippen molar-refractivity contribution in [2.75, 3.05) is 38.2 Å². The fourth-order valence-electron chi connectivity index (χ4n) is 3.20. The smallest absolute Gasteiger partial charge is 0.264 e. The number of amides is 1. The number of sulfonamides is 1. The summed E-state index contributed by atoms with van der Waals surface area (Å²) < 4.78 is 38.4. The molecule has 28 heavy (non-hydrogen) atoms. The molecule has 1 amide bonds. The van der Waals surface area contributed by atoms with E-state index < -0.39 is 10.0 Å². The maximum Gasteiger partial charge on any atom is 0.264 e. The van der Waals surface area contributed by atoms with Crippen molar-refractivity contribution in [2.45, 2.75) is 17.7 Å². The van der Waals surface area contributed by atoms with E-state index in [-0.39, 0.29) is 17.3 Å². The standard InChI is InChI=1S/C20H24N2O5S/c1-26-18-11-10-17(14-19(18)27-2)28(24,25)22(16-8-4-3-5-9-16)15-20(23)21-12-6-7-13-21/h3-5,8-11,14H,6-7,12-13,15H2,1-2H3. The van der Waals surface area contributed by atoms with Gasteiger partial charge in [-0.25, -0.2) is 8.42 Å². The Morgan fingerprint density at radius 3 is 2.25 bits per heavy atom. The Morgan fingerprint density at radius 2 is 1.64 bits per heavy atom. The van der Waals surface area contributed by atoms with Gasteiger partial charge in [0, 0.05) is 19.2 Å². The van der Waals surface area contributed by atoms with Crippen LogP contribution in [0.3, 0.4) is 0 Å². The summed E-state index contributed by atoms with van der Waals surface area (Å²) in [5.74, 6) is 0.536. The van der Waals surface area contributed by atoms with Gasteiger partial charge < -0.3 is 14.4 Å². The molecule has 0 unspecified atom stereocenters. The summed E-state index contributed by atoms with van der Waals surface area (Å²) in [6, 6.07) is 13.0. The number of nitrogens with zero attached hydrogens (tertiary/aromatic N) is 2. The highest BCUT2D eigenvalue weighted by Crippen LogP contribution is 2.32. The van der Waals surface area contributed by atoms with Gasteiger partial charge in [-0.15, -0.1) is 0 Å². The Hall–Kier alpha value is -2.74. The molecule has 2 aromatic rings. The third kappa shape index (κ3) is 4.06. The van der Waals surface area contributed by atoms with E-state index in [9.17, 15) is 13.2 Å². The molecule has 150 valence electrons. The largest absolute Gasteiger partial charge is 0.493 e. The van der Waals surface area contributed by atoms with Crippen molar-refractivity contribution in [3.63, 3.8) is 0 Å². The van der Waals surface area contributed by atoms with Gasteiger partial charge in [0.05, 0.1) is 24.8 Å². The number of methoxy groups -OCH3 is 2. The zero-order chi connectivity index (χ0) is 20.1. The molecule has 0 saturated carbocycles. The molecular weight excluding hydrogens is 380 g/mol. The Morgan fingerprint density at radius 1 is 1.00 bits per heavy atom. The molecule has 1 aliphatic heterocycles. The highest BCUT2D eigenvalue weighted by atomic mass is 32.2. The lowest BCUT2D eigenvalue weighted by Gasteiger charge is -2.26. The first-order chi connectivity index (χ1) is 13.5. The first kappa shape index (κ1) is 20.0. The Bertz CT molecular complexity index is 925. The van der Waals surface area contributed by atoms with E-state index in [1.165, 1.54) is 32.4 Å². The normalized spacial score (nSPS) is 14.0. The number of benzene rings is 2. The van der Waals surface area contributed by atoms with Gasteiger partial charge in [0.15, 0.2) is 11.5 Å². The number of para-hydroxylation sites is 1. The predicted octanol–water partition coefficient (Wildman–Crippen LogP) is 2.52. The molecular formula is C20H24N2O5S. The molecule has 0 aromatic heterocycles. The number of likely N-dealkylation sites (tertiary alicyclic amines) is 1. The summed E-state index contributed by atoms with van der Waals surface area (Å²) in [7, 11) is -1.06. The first-order valence-electron chi connectivity index (χ1n) is 9.05. The zero-order valence-electron chi connectivity index (χ0n) is 16.0. The highest BCUT2D eigenvalue weighted by Gasteiger charge is 2.30. The molecule has 0 radical (unpaired) electrons. The summed E-state index contributed by atoms with van der Waals surface area (Å²) in [6.07, 6.45) is 1.89. The number of hydrogen-bond acceptors (Lipinski definition) is 5. The lowest BCUT2D eigenvalue weighted by atomic mass is 10.3. The van der Waals surface area contributed by atoms with Crippen molar-refractivity contribution < 1.29 is 22.7 Å². The van der Waals surface area contributed by atoms with Crippen LogP contribution in [0.15, 0.2) is 53.4 Å². The molecule has 0 N–H and O–H groups in total. The molecule has 1 saturated heterocycles. The number of anilines is 1. The number of ether oxygens (including phenoxy) is 2. The summed E-state index contributed by atoms with van der Waals surface area (Å²) in [4.78, 5) is 14.4. The highest BCUT2D eigenvalue weighted by molar-refractivity contribution is 7.92. The summed E-state index contributed by atoms with van der Waals surface area (Å²) >= 11 is 0. The molecule has 7 nitrogen and oxygen atoms in total. The molecule has 0 spiro atoms. The van der Waals surface area contributed by atoms with E-state index in [0.717, 1.165) is 17.1 Å². The van der Waals surface area contributed by atoms with E-state index in [1.807, 2.05) is 0 Å². The van der Waals surface area contributed by atoms with Gasteiger partial charge in [-0.3, -0.25) is 9.10 Å². The van der Waals surface area contributed by atoms with E-state index >= 15 is 0 Å². The molecule has 3 rings (SSSR count). The Labute approximate surface area is 165 Å². The second-order valence-electron chi connectivity index (χ2n) is 6.45. The number of rotatable bonds is 7. The number of hydrogen-bond donors (Lipinski definition) is 0. The summed E-state index contributed by atoms with van der Waals surface area (Å²) in [5.41, 5.74) is 0.435. The molecule has 1 heterocycles. The molecule has 0 atom stereocenters. The van der Waals surface area contributed by atoms with Crippen LogP contribution in [0.25, 0.3) is 0 Å². The van der Waals surface area contributed by atoms with E-state index in [0.29, 0.717) is 30.3 Å². The maximum absolute atomic E-state index is 13.4. The van der Waals surface area contributed by atoms with E-state index in [1.54, 1.807) is 35.2 Å². The minimum absolute atomic E-state index is 0.0308. The zero-order valence-corrected chi connectivity index (χ0v) is 16.8. The van der Waals surface area contributed by atoms with Crippen molar-refractivity contribution in [1.29, 1.82) is 0 Å². The van der Waals surface area contributed by atoms with E-state index in [2.05, 4.69) is 0 Å². The Kier molecular flexibility index (Phi) is 6.08. The van der Waals surface area contributed by atoms with Gasteiger partial charge in [-0.05, 0) is 37.1 Å². The molecule has 1 aliphatic rings. The van der Waals surface area contributed by atoms with Crippen molar-refractivity contribution in [3.8, 4) is 11.5 Å². The monoisotopic (exact) mass is 404 g/mol. The number of carbonyl (C=O) groups is 1. The van der Waals surface area contributed by atoms with Crippen molar-refractivity contribution in [2.24, 2.45) is 0 Å². The lowest BCUT2D eigenvalue weighted by Crippen LogP contribution is -2.42. The van der Waals surface area contributed by atoms with Crippen LogP contribution in [0.4, 0.5) is 5.69 Å². The minimum atomic E-state index is -3.99. The summed E-state index contributed by atoms with van der Waals surface area (Å²) in [6.45, 7) is 1.08. The first-order valence-corrected chi connectivity index (χ1v) is 10.5. The SMILES string of the molecule is COc1ccc(S(=O)(=O)N(CC(=O)N2CCCC2)c2ccccc2)cc1OC. The van der Waals surface area contributed by atoms with Gasteiger partial charge in [0.2, 0.25) is 5.91 Å². The summed E-state index contributed by atoms with van der Waals surface area (Å²) in [5, 5.41) is 0. The fraction of sp³-hybridized carbons (Fsp3) is 0.350. The average molecular weight is 404 g/mol. The van der Waals surface area contributed by atoms with Crippen LogP contribution >= 0.6 is 0 Å². The van der Waals surface area contributed by atoms with Crippen molar-refractivity contribution in [3.05, 3.63) is 48.5 Å². The van der Waals surface area contributed by atoms with Crippen LogP contribution in [0.2, 0.25) is 0 Å². The molecule has 0 bridgehead atoms. The van der Waals surface area contributed by atoms with Crippen LogP contribution in [-0.2, 0) is 14.8 Å². The van der Waals surface area contributed by atoms with Crippen molar-refractivity contribution in [1.82, 2.24) is 4.90 Å². The second-order valence-corrected chi connectivity index (χ2v) is 8.31. The second kappa shape index (κ2) is 8.52. The van der Waals surface area contributed by atoms with Crippen molar-refractivity contribution >= 4 is 21.6 Å². The van der Waals surface area contributed by atoms with Crippen LogP contribution in [0, 0.1) is 0 Å². The minimum Gasteiger partial charge on any atom is -0.493 e. The fourth-order valence-corrected chi connectivity index (χ4v) is 4.63. The lowest BCUT2D eigenvalue weighted by molar-refractivity contribution is -0.128. The molecule has 2 aromatic carbocycles. The quantitative estimate of drug-likeness (QED) is 0.709. The van der Waals surface area contributed by atoms with E-state index in [4.69, 9.17) is 9.47 Å². The van der Waals surface area contributed by atoms with Crippen LogP contribution in [0.1, 0.15) is 12.8 Å². The van der Waals surface area contributed by atoms with Crippen LogP contribution in [-0.4, -0.2) is 53.1 Å². The molecule has 1 fully saturated rings. The van der Waals surface area contributed by atoms with Crippen LogP contribution in [0.5, 0.6) is 11.5 Å². The van der Waals surface area contributed by atoms with Gasteiger partial charge in [0.25, 0.3) is 10.0 Å². The third-order valence-electron chi connectivity index (χ3n) is 4.72. The molecule has 8 heteroatoms. The Balaban J connectivity index is 1.99. The average Bonchev–Trinajstić information content (AvgIpc) is 3.26. The maximum atomic E-state index is 13.4. The molecule has 0 aliphatic carbocycles. The van der Waals surface area contributed by atoms with Gasteiger partial charge >= 0.3 is 0 Å². The number of carbonyl (C=O) groups excluding carboxylic acids is 1. The van der Waals surface area contributed by atoms with Gasteiger partial charge in [-0.2, -0.15) is 0 Å². The topological polar surface area (TPSA) is 76.2 Å².